The van der Waals surface area contributed by atoms with E-state index in [0.717, 1.165) is 52.7 Å². The molecule has 4 heteroatoms. The fourth-order valence-electron chi connectivity index (χ4n) is 6.24. The highest BCUT2D eigenvalue weighted by atomic mass is 32.2. The fourth-order valence-corrected chi connectivity index (χ4v) is 7.32. The predicted molar refractivity (Wildman–Crippen MR) is 149 cm³/mol. The molecule has 6 rings (SSSR count). The van der Waals surface area contributed by atoms with Crippen LogP contribution in [0.25, 0.3) is 16.9 Å². The summed E-state index contributed by atoms with van der Waals surface area (Å²) >= 11 is 1.66. The summed E-state index contributed by atoms with van der Waals surface area (Å²) in [6.07, 6.45) is 6.68. The number of aryl methyl sites for hydroxylation is 2. The minimum atomic E-state index is -0.112. The number of nitrogens with zero attached hydrogens (tertiary/aromatic N) is 2. The van der Waals surface area contributed by atoms with Gasteiger partial charge in [-0.05, 0) is 61.9 Å². The Morgan fingerprint density at radius 1 is 0.917 bits per heavy atom. The standard InChI is InChI=1S/C32H32N2OS/c1-22-15-16-25(23(2)19-22)21-36-31-33-29-27-14-8-7-11-24(27)20-32(17-9-4-10-18-32)28(29)30(35)34(31)26-12-5-3-6-13-26/h3,5-8,11-16,19H,4,9-10,17-18,20-21H2,1-2H3. The van der Waals surface area contributed by atoms with Gasteiger partial charge in [-0.2, -0.15) is 0 Å². The number of hydrogen-bond acceptors (Lipinski definition) is 3. The Labute approximate surface area is 217 Å². The average molecular weight is 493 g/mol. The predicted octanol–water partition coefficient (Wildman–Crippen LogP) is 7.57. The van der Waals surface area contributed by atoms with E-state index in [9.17, 15) is 4.79 Å². The van der Waals surface area contributed by atoms with E-state index in [1.165, 1.54) is 41.5 Å². The van der Waals surface area contributed by atoms with Crippen molar-refractivity contribution in [3.63, 3.8) is 0 Å². The van der Waals surface area contributed by atoms with Gasteiger partial charge in [0.05, 0.1) is 16.9 Å². The first-order valence-corrected chi connectivity index (χ1v) is 14.0. The summed E-state index contributed by atoms with van der Waals surface area (Å²) in [4.78, 5) is 19.9. The van der Waals surface area contributed by atoms with Gasteiger partial charge in [-0.15, -0.1) is 0 Å². The summed E-state index contributed by atoms with van der Waals surface area (Å²) in [5.74, 6) is 0.775. The normalized spacial score (nSPS) is 15.9. The van der Waals surface area contributed by atoms with Crippen LogP contribution < -0.4 is 5.56 Å². The number of rotatable bonds is 4. The van der Waals surface area contributed by atoms with Gasteiger partial charge in [0.1, 0.15) is 0 Å². The molecule has 182 valence electrons. The number of para-hydroxylation sites is 1. The Kier molecular flexibility index (Phi) is 6.08. The molecular weight excluding hydrogens is 460 g/mol. The maximum Gasteiger partial charge on any atom is 0.263 e. The zero-order valence-electron chi connectivity index (χ0n) is 21.1. The van der Waals surface area contributed by atoms with Gasteiger partial charge in [0.2, 0.25) is 0 Å². The van der Waals surface area contributed by atoms with Gasteiger partial charge in [0, 0.05) is 16.7 Å². The molecular formula is C32H32N2OS. The Morgan fingerprint density at radius 2 is 1.67 bits per heavy atom. The number of aromatic nitrogens is 2. The van der Waals surface area contributed by atoms with Gasteiger partial charge in [-0.3, -0.25) is 9.36 Å². The highest BCUT2D eigenvalue weighted by Crippen LogP contribution is 2.49. The number of fused-ring (bicyclic) bond motifs is 4. The van der Waals surface area contributed by atoms with Crippen LogP contribution in [0.2, 0.25) is 0 Å². The van der Waals surface area contributed by atoms with E-state index in [2.05, 4.69) is 56.3 Å². The smallest absolute Gasteiger partial charge is 0.263 e. The molecule has 0 amide bonds. The zero-order chi connectivity index (χ0) is 24.7. The zero-order valence-corrected chi connectivity index (χ0v) is 21.9. The number of benzene rings is 3. The molecule has 36 heavy (non-hydrogen) atoms. The van der Waals surface area contributed by atoms with Crippen molar-refractivity contribution in [2.24, 2.45) is 0 Å². The van der Waals surface area contributed by atoms with Crippen molar-refractivity contribution in [1.82, 2.24) is 9.55 Å². The molecule has 3 nitrogen and oxygen atoms in total. The SMILES string of the molecule is Cc1ccc(CSc2nc3c(c(=O)n2-c2ccccc2)C2(CCCCC2)Cc2ccccc2-3)c(C)c1. The summed E-state index contributed by atoms with van der Waals surface area (Å²) in [6.45, 7) is 4.29. The average Bonchev–Trinajstić information content (AvgIpc) is 2.89. The lowest BCUT2D eigenvalue weighted by Crippen LogP contribution is -2.42. The Bertz CT molecular complexity index is 1480. The third kappa shape index (κ3) is 4.02. The number of thioether (sulfide) groups is 1. The van der Waals surface area contributed by atoms with E-state index >= 15 is 0 Å². The molecule has 1 saturated carbocycles. The molecule has 2 aliphatic rings. The summed E-state index contributed by atoms with van der Waals surface area (Å²) in [6, 6.07) is 25.3. The molecule has 0 unspecified atom stereocenters. The van der Waals surface area contributed by atoms with Crippen molar-refractivity contribution >= 4 is 11.8 Å². The third-order valence-electron chi connectivity index (χ3n) is 8.06. The van der Waals surface area contributed by atoms with Crippen molar-refractivity contribution < 1.29 is 0 Å². The summed E-state index contributed by atoms with van der Waals surface area (Å²) in [5, 5.41) is 0.771. The molecule has 1 heterocycles. The second-order valence-electron chi connectivity index (χ2n) is 10.5. The largest absolute Gasteiger partial charge is 0.268 e. The van der Waals surface area contributed by atoms with E-state index in [0.29, 0.717) is 0 Å². The molecule has 3 aromatic carbocycles. The second kappa shape index (κ2) is 9.40. The van der Waals surface area contributed by atoms with E-state index in [-0.39, 0.29) is 11.0 Å². The molecule has 1 fully saturated rings. The summed E-state index contributed by atoms with van der Waals surface area (Å²) < 4.78 is 1.89. The van der Waals surface area contributed by atoms with E-state index in [1.807, 2.05) is 34.9 Å². The fraction of sp³-hybridized carbons (Fsp3) is 0.312. The molecule has 1 aromatic heterocycles. The van der Waals surface area contributed by atoms with E-state index in [1.54, 1.807) is 11.8 Å². The molecule has 0 radical (unpaired) electrons. The highest BCUT2D eigenvalue weighted by Gasteiger charge is 2.43. The minimum Gasteiger partial charge on any atom is -0.268 e. The Balaban J connectivity index is 1.56. The van der Waals surface area contributed by atoms with Crippen LogP contribution in [0.3, 0.4) is 0 Å². The van der Waals surface area contributed by atoms with Crippen molar-refractivity contribution in [3.8, 4) is 16.9 Å². The van der Waals surface area contributed by atoms with Crippen LogP contribution in [0, 0.1) is 13.8 Å². The highest BCUT2D eigenvalue weighted by molar-refractivity contribution is 7.98. The van der Waals surface area contributed by atoms with Crippen molar-refractivity contribution in [1.29, 1.82) is 0 Å². The molecule has 0 aliphatic heterocycles. The van der Waals surface area contributed by atoms with Gasteiger partial charge in [0.15, 0.2) is 5.16 Å². The lowest BCUT2D eigenvalue weighted by atomic mass is 9.62. The monoisotopic (exact) mass is 492 g/mol. The quantitative estimate of drug-likeness (QED) is 0.218. The first-order chi connectivity index (χ1) is 17.6. The van der Waals surface area contributed by atoms with Crippen LogP contribution in [0.5, 0.6) is 0 Å². The van der Waals surface area contributed by atoms with Crippen LogP contribution in [-0.2, 0) is 17.6 Å². The van der Waals surface area contributed by atoms with Crippen molar-refractivity contribution in [2.75, 3.05) is 0 Å². The van der Waals surface area contributed by atoms with Crippen molar-refractivity contribution in [3.05, 3.63) is 111 Å². The lowest BCUT2D eigenvalue weighted by Gasteiger charge is -2.42. The molecule has 0 N–H and O–H groups in total. The Morgan fingerprint density at radius 3 is 2.44 bits per heavy atom. The summed E-state index contributed by atoms with van der Waals surface area (Å²) in [5.41, 5.74) is 9.05. The molecule has 2 aliphatic carbocycles. The number of hydrogen-bond donors (Lipinski definition) is 0. The molecule has 0 atom stereocenters. The van der Waals surface area contributed by atoms with E-state index < -0.39 is 0 Å². The molecule has 4 aromatic rings. The maximum atomic E-state index is 14.6. The second-order valence-corrected chi connectivity index (χ2v) is 11.4. The van der Waals surface area contributed by atoms with Gasteiger partial charge in [-0.25, -0.2) is 4.98 Å². The molecule has 0 bridgehead atoms. The Hall–Kier alpha value is -3.11. The third-order valence-corrected chi connectivity index (χ3v) is 9.05. The van der Waals surface area contributed by atoms with Gasteiger partial charge in [-0.1, -0.05) is 97.3 Å². The summed E-state index contributed by atoms with van der Waals surface area (Å²) in [7, 11) is 0. The lowest BCUT2D eigenvalue weighted by molar-refractivity contribution is 0.283. The first kappa shape index (κ1) is 23.3. The van der Waals surface area contributed by atoms with Gasteiger partial charge < -0.3 is 0 Å². The van der Waals surface area contributed by atoms with Crippen LogP contribution in [-0.4, -0.2) is 9.55 Å². The van der Waals surface area contributed by atoms with Crippen LogP contribution in [0.15, 0.2) is 82.7 Å². The van der Waals surface area contributed by atoms with Gasteiger partial charge >= 0.3 is 0 Å². The van der Waals surface area contributed by atoms with Crippen molar-refractivity contribution in [2.45, 2.75) is 68.7 Å². The van der Waals surface area contributed by atoms with Gasteiger partial charge in [0.25, 0.3) is 5.56 Å². The minimum absolute atomic E-state index is 0.112. The molecule has 0 saturated heterocycles. The molecule has 1 spiro atoms. The van der Waals surface area contributed by atoms with Crippen LogP contribution in [0.4, 0.5) is 0 Å². The maximum absolute atomic E-state index is 14.6. The van der Waals surface area contributed by atoms with E-state index in [4.69, 9.17) is 4.98 Å². The topological polar surface area (TPSA) is 34.9 Å². The van der Waals surface area contributed by atoms with Crippen LogP contribution >= 0.6 is 11.8 Å². The van der Waals surface area contributed by atoms with Crippen LogP contribution in [0.1, 0.15) is 59.9 Å². The first-order valence-electron chi connectivity index (χ1n) is 13.1.